The van der Waals surface area contributed by atoms with Gasteiger partial charge in [-0.25, -0.2) is 0 Å². The molecule has 0 bridgehead atoms. The molecule has 0 aromatic heterocycles. The summed E-state index contributed by atoms with van der Waals surface area (Å²) in [7, 11) is 0. The minimum atomic E-state index is -0.947. The fourth-order valence-corrected chi connectivity index (χ4v) is 7.58. The van der Waals surface area contributed by atoms with Crippen LogP contribution in [0, 0.1) is 35.0 Å². The van der Waals surface area contributed by atoms with E-state index in [-0.39, 0.29) is 17.2 Å². The maximum atomic E-state index is 12.8. The summed E-state index contributed by atoms with van der Waals surface area (Å²) in [6.45, 7) is 7.89. The number of esters is 1. The normalized spacial score (nSPS) is 44.8. The number of carbonyl (C=O) groups is 3. The van der Waals surface area contributed by atoms with Crippen molar-refractivity contribution in [1.82, 2.24) is 0 Å². The molecule has 0 aromatic carbocycles. The second kappa shape index (κ2) is 6.81. The van der Waals surface area contributed by atoms with Crippen molar-refractivity contribution in [3.63, 3.8) is 0 Å². The summed E-state index contributed by atoms with van der Waals surface area (Å²) in [6.07, 6.45) is 8.64. The van der Waals surface area contributed by atoms with E-state index >= 15 is 0 Å². The first-order valence-corrected chi connectivity index (χ1v) is 11.2. The Morgan fingerprint density at radius 3 is 2.61 bits per heavy atom. The maximum Gasteiger partial charge on any atom is 0.306 e. The lowest BCUT2D eigenvalue weighted by Gasteiger charge is -2.56. The van der Waals surface area contributed by atoms with Gasteiger partial charge >= 0.3 is 5.97 Å². The molecule has 0 radical (unpaired) electrons. The predicted molar refractivity (Wildman–Crippen MR) is 106 cm³/mol. The third-order valence-corrected chi connectivity index (χ3v) is 8.93. The van der Waals surface area contributed by atoms with E-state index in [1.165, 1.54) is 5.57 Å². The van der Waals surface area contributed by atoms with E-state index in [2.05, 4.69) is 13.8 Å². The number of hydrogen-bond acceptors (Lipinski definition) is 4. The third kappa shape index (κ3) is 2.66. The zero-order valence-electron chi connectivity index (χ0n) is 17.8. The van der Waals surface area contributed by atoms with Gasteiger partial charge in [-0.2, -0.15) is 0 Å². The van der Waals surface area contributed by atoms with Crippen LogP contribution in [0.1, 0.15) is 79.1 Å². The summed E-state index contributed by atoms with van der Waals surface area (Å²) in [5, 5.41) is 0. The van der Waals surface area contributed by atoms with Gasteiger partial charge in [-0.15, -0.1) is 0 Å². The second-order valence-corrected chi connectivity index (χ2v) is 10.0. The van der Waals surface area contributed by atoms with Crippen LogP contribution in [0.15, 0.2) is 11.6 Å². The summed E-state index contributed by atoms with van der Waals surface area (Å²) in [6, 6.07) is 0. The lowest BCUT2D eigenvalue weighted by molar-refractivity contribution is -0.187. The highest BCUT2D eigenvalue weighted by atomic mass is 16.6. The second-order valence-electron chi connectivity index (χ2n) is 10.0. The number of fused-ring (bicyclic) bond motifs is 5. The molecule has 4 rings (SSSR count). The van der Waals surface area contributed by atoms with Crippen LogP contribution in [0.25, 0.3) is 0 Å². The number of ketones is 2. The van der Waals surface area contributed by atoms with Crippen molar-refractivity contribution in [2.75, 3.05) is 0 Å². The molecule has 4 aliphatic rings. The molecular formula is C24H34O4. The van der Waals surface area contributed by atoms with Crippen LogP contribution in [0.5, 0.6) is 0 Å². The number of allylic oxidation sites excluding steroid dienone is 1. The number of carbonyl (C=O) groups excluding carboxylic acids is 3. The molecule has 4 aliphatic carbocycles. The molecule has 1 unspecified atom stereocenters. The molecule has 0 aromatic rings. The minimum Gasteiger partial charge on any atom is -0.450 e. The molecule has 0 spiro atoms. The molecule has 28 heavy (non-hydrogen) atoms. The standard InChI is InChI=1S/C24H34O4/c1-5-22(27)28-24(15(3)25)11-9-21-20-12-14(2)19-13-16(26)6-7-17(19)18(20)8-10-23(21,24)4/h13-14,17-18,20-21H,5-12H2,1-4H3/t14?,17-,18-,20-,21+,23+,24+/m1/s1. The Balaban J connectivity index is 1.68. The summed E-state index contributed by atoms with van der Waals surface area (Å²) < 4.78 is 5.96. The molecule has 4 nitrogen and oxygen atoms in total. The summed E-state index contributed by atoms with van der Waals surface area (Å²) >= 11 is 0. The zero-order valence-corrected chi connectivity index (χ0v) is 17.8. The van der Waals surface area contributed by atoms with E-state index in [1.807, 2.05) is 6.08 Å². The van der Waals surface area contributed by atoms with Crippen molar-refractivity contribution in [3.05, 3.63) is 11.6 Å². The fourth-order valence-electron chi connectivity index (χ4n) is 7.58. The molecular weight excluding hydrogens is 352 g/mol. The third-order valence-electron chi connectivity index (χ3n) is 8.93. The number of ether oxygens (including phenoxy) is 1. The van der Waals surface area contributed by atoms with Gasteiger partial charge in [0.1, 0.15) is 0 Å². The fraction of sp³-hybridized carbons (Fsp3) is 0.792. The Morgan fingerprint density at radius 2 is 1.93 bits per heavy atom. The lowest BCUT2D eigenvalue weighted by atomic mass is 9.49. The van der Waals surface area contributed by atoms with Gasteiger partial charge in [0.25, 0.3) is 0 Å². The highest BCUT2D eigenvalue weighted by Gasteiger charge is 2.67. The summed E-state index contributed by atoms with van der Waals surface area (Å²) in [5.74, 6) is 2.60. The highest BCUT2D eigenvalue weighted by Crippen LogP contribution is 2.66. The molecule has 154 valence electrons. The molecule has 0 saturated heterocycles. The topological polar surface area (TPSA) is 60.4 Å². The van der Waals surface area contributed by atoms with Crippen LogP contribution >= 0.6 is 0 Å². The van der Waals surface area contributed by atoms with Crippen molar-refractivity contribution < 1.29 is 19.1 Å². The molecule has 0 heterocycles. The van der Waals surface area contributed by atoms with Crippen molar-refractivity contribution in [1.29, 1.82) is 0 Å². The maximum absolute atomic E-state index is 12.8. The van der Waals surface area contributed by atoms with E-state index in [0.717, 1.165) is 32.1 Å². The molecule has 4 heteroatoms. The Labute approximate surface area is 168 Å². The molecule has 0 aliphatic heterocycles. The van der Waals surface area contributed by atoms with Crippen LogP contribution < -0.4 is 0 Å². The Hall–Kier alpha value is -1.45. The van der Waals surface area contributed by atoms with Gasteiger partial charge in [-0.3, -0.25) is 14.4 Å². The highest BCUT2D eigenvalue weighted by molar-refractivity contribution is 5.91. The van der Waals surface area contributed by atoms with Gasteiger partial charge in [0.05, 0.1) is 0 Å². The van der Waals surface area contributed by atoms with Crippen LogP contribution in [-0.2, 0) is 19.1 Å². The Bertz CT molecular complexity index is 737. The van der Waals surface area contributed by atoms with Gasteiger partial charge < -0.3 is 4.74 Å². The van der Waals surface area contributed by atoms with Gasteiger partial charge in [-0.05, 0) is 81.1 Å². The average Bonchev–Trinajstić information content (AvgIpc) is 2.96. The smallest absolute Gasteiger partial charge is 0.306 e. The number of rotatable bonds is 3. The molecule has 0 N–H and O–H groups in total. The van der Waals surface area contributed by atoms with Gasteiger partial charge in [0, 0.05) is 18.3 Å². The number of hydrogen-bond donors (Lipinski definition) is 0. The first-order chi connectivity index (χ1) is 13.2. The van der Waals surface area contributed by atoms with E-state index in [4.69, 9.17) is 4.74 Å². The lowest BCUT2D eigenvalue weighted by Crippen LogP contribution is -2.58. The van der Waals surface area contributed by atoms with E-state index in [1.54, 1.807) is 13.8 Å². The van der Waals surface area contributed by atoms with E-state index < -0.39 is 5.60 Å². The minimum absolute atomic E-state index is 0.0189. The van der Waals surface area contributed by atoms with Crippen LogP contribution in [0.2, 0.25) is 0 Å². The van der Waals surface area contributed by atoms with E-state index in [9.17, 15) is 14.4 Å². The summed E-state index contributed by atoms with van der Waals surface area (Å²) in [4.78, 5) is 37.1. The Morgan fingerprint density at radius 1 is 1.18 bits per heavy atom. The van der Waals surface area contributed by atoms with Crippen molar-refractivity contribution in [2.24, 2.45) is 35.0 Å². The van der Waals surface area contributed by atoms with Crippen molar-refractivity contribution in [2.45, 2.75) is 84.7 Å². The van der Waals surface area contributed by atoms with Crippen LogP contribution in [-0.4, -0.2) is 23.1 Å². The summed E-state index contributed by atoms with van der Waals surface area (Å²) in [5.41, 5.74) is 0.169. The first kappa shape index (κ1) is 19.8. The molecule has 3 fully saturated rings. The van der Waals surface area contributed by atoms with Gasteiger partial charge in [-0.1, -0.05) is 26.3 Å². The largest absolute Gasteiger partial charge is 0.450 e. The predicted octanol–water partition coefficient (Wildman–Crippen LogP) is 4.66. The Kier molecular flexibility index (Phi) is 4.83. The quantitative estimate of drug-likeness (QED) is 0.662. The monoisotopic (exact) mass is 386 g/mol. The zero-order chi connectivity index (χ0) is 20.3. The van der Waals surface area contributed by atoms with E-state index in [0.29, 0.717) is 54.6 Å². The van der Waals surface area contributed by atoms with Gasteiger partial charge in [0.2, 0.25) is 0 Å². The molecule has 3 saturated carbocycles. The SMILES string of the molecule is CCC(=O)O[C@]1(C(C)=O)CC[C@H]2[C@@H]3CC(C)C4=CC(=O)CC[C@@H]4[C@H]3CC[C@@]21C. The van der Waals surface area contributed by atoms with Crippen molar-refractivity contribution in [3.8, 4) is 0 Å². The first-order valence-electron chi connectivity index (χ1n) is 11.2. The van der Waals surface area contributed by atoms with Crippen LogP contribution in [0.4, 0.5) is 0 Å². The van der Waals surface area contributed by atoms with Gasteiger partial charge in [0.15, 0.2) is 17.2 Å². The molecule has 7 atom stereocenters. The number of Topliss-reactive ketones (excluding diaryl/α,β-unsaturated/α-hetero) is 1. The van der Waals surface area contributed by atoms with Crippen LogP contribution in [0.3, 0.4) is 0 Å². The molecule has 0 amide bonds. The van der Waals surface area contributed by atoms with Crippen molar-refractivity contribution >= 4 is 17.5 Å². The average molecular weight is 387 g/mol.